The van der Waals surface area contributed by atoms with Crippen LogP contribution in [-0.2, 0) is 13.6 Å². The van der Waals surface area contributed by atoms with Crippen LogP contribution in [0, 0.1) is 20.8 Å². The van der Waals surface area contributed by atoms with Gasteiger partial charge in [0.2, 0.25) is 0 Å². The van der Waals surface area contributed by atoms with Crippen molar-refractivity contribution in [1.82, 2.24) is 9.78 Å². The molecule has 0 fully saturated rings. The minimum atomic E-state index is 0.466. The van der Waals surface area contributed by atoms with Crippen molar-refractivity contribution in [2.75, 3.05) is 7.11 Å². The number of methoxy groups -OCH3 is 1. The predicted octanol–water partition coefficient (Wildman–Crippen LogP) is 2.48. The first-order valence-corrected chi connectivity index (χ1v) is 6.37. The maximum atomic E-state index is 5.73. The zero-order valence-corrected chi connectivity index (χ0v) is 12.2. The smallest absolute Gasteiger partial charge is 0.122 e. The van der Waals surface area contributed by atoms with Gasteiger partial charge in [-0.2, -0.15) is 5.10 Å². The molecular formula is C15H21N3O. The molecule has 0 radical (unpaired) electrons. The monoisotopic (exact) mass is 259 g/mol. The maximum Gasteiger partial charge on any atom is 0.122 e. The Morgan fingerprint density at radius 1 is 1.21 bits per heavy atom. The van der Waals surface area contributed by atoms with E-state index in [-0.39, 0.29) is 0 Å². The topological polar surface area (TPSA) is 53.1 Å². The average molecular weight is 259 g/mol. The summed E-state index contributed by atoms with van der Waals surface area (Å²) in [5, 5.41) is 4.48. The first-order chi connectivity index (χ1) is 8.99. The molecule has 0 saturated heterocycles. The Hall–Kier alpha value is -1.81. The van der Waals surface area contributed by atoms with Crippen molar-refractivity contribution in [1.29, 1.82) is 0 Å². The number of rotatable bonds is 3. The van der Waals surface area contributed by atoms with Crippen LogP contribution in [0.4, 0.5) is 0 Å². The van der Waals surface area contributed by atoms with Crippen LogP contribution < -0.4 is 10.5 Å². The second-order valence-corrected chi connectivity index (χ2v) is 4.88. The highest BCUT2D eigenvalue weighted by Crippen LogP contribution is 2.32. The van der Waals surface area contributed by atoms with E-state index in [9.17, 15) is 0 Å². The Kier molecular flexibility index (Phi) is 3.62. The lowest BCUT2D eigenvalue weighted by molar-refractivity contribution is 0.411. The molecular weight excluding hydrogens is 238 g/mol. The molecule has 4 nitrogen and oxygen atoms in total. The number of nitrogens with zero attached hydrogens (tertiary/aromatic N) is 2. The number of hydrogen-bond donors (Lipinski definition) is 1. The van der Waals surface area contributed by atoms with Crippen LogP contribution in [0.15, 0.2) is 12.1 Å². The lowest BCUT2D eigenvalue weighted by Gasteiger charge is -2.12. The fourth-order valence-electron chi connectivity index (χ4n) is 2.52. The third-order valence-corrected chi connectivity index (χ3v) is 3.57. The van der Waals surface area contributed by atoms with Crippen molar-refractivity contribution in [2.45, 2.75) is 27.3 Å². The normalized spacial score (nSPS) is 10.8. The fourth-order valence-corrected chi connectivity index (χ4v) is 2.52. The molecule has 102 valence electrons. The second kappa shape index (κ2) is 5.05. The first-order valence-electron chi connectivity index (χ1n) is 6.37. The number of benzene rings is 1. The molecule has 0 unspecified atom stereocenters. The Morgan fingerprint density at radius 2 is 1.89 bits per heavy atom. The molecule has 0 aliphatic rings. The lowest BCUT2D eigenvalue weighted by atomic mass is 9.99. The third-order valence-electron chi connectivity index (χ3n) is 3.57. The van der Waals surface area contributed by atoms with Crippen molar-refractivity contribution < 1.29 is 4.74 Å². The van der Waals surface area contributed by atoms with Crippen LogP contribution in [0.5, 0.6) is 5.75 Å². The van der Waals surface area contributed by atoms with Gasteiger partial charge in [-0.15, -0.1) is 0 Å². The van der Waals surface area contributed by atoms with Gasteiger partial charge in [0.1, 0.15) is 5.75 Å². The molecule has 0 spiro atoms. The van der Waals surface area contributed by atoms with E-state index in [2.05, 4.69) is 38.0 Å². The summed E-state index contributed by atoms with van der Waals surface area (Å²) >= 11 is 0. The third kappa shape index (κ3) is 2.24. The van der Waals surface area contributed by atoms with E-state index in [1.807, 2.05) is 11.7 Å². The summed E-state index contributed by atoms with van der Waals surface area (Å²) in [7, 11) is 3.66. The summed E-state index contributed by atoms with van der Waals surface area (Å²) in [6.07, 6.45) is 0. The van der Waals surface area contributed by atoms with Crippen LogP contribution in [0.1, 0.15) is 22.4 Å². The van der Waals surface area contributed by atoms with Gasteiger partial charge in [0.25, 0.3) is 0 Å². The summed E-state index contributed by atoms with van der Waals surface area (Å²) in [6.45, 7) is 6.68. The molecule has 0 amide bonds. The Bertz CT molecular complexity index is 614. The molecule has 1 heterocycles. The molecule has 2 rings (SSSR count). The second-order valence-electron chi connectivity index (χ2n) is 4.88. The highest BCUT2D eigenvalue weighted by Gasteiger charge is 2.16. The molecule has 0 aliphatic carbocycles. The fraction of sp³-hybridized carbons (Fsp3) is 0.400. The Balaban J connectivity index is 2.66. The summed E-state index contributed by atoms with van der Waals surface area (Å²) in [5.74, 6) is 0.917. The number of aromatic nitrogens is 2. The molecule has 1 aromatic heterocycles. The molecule has 2 N–H and O–H groups in total. The van der Waals surface area contributed by atoms with Gasteiger partial charge in [-0.3, -0.25) is 4.68 Å². The van der Waals surface area contributed by atoms with Crippen LogP contribution >= 0.6 is 0 Å². The summed E-state index contributed by atoms with van der Waals surface area (Å²) in [5.41, 5.74) is 12.4. The van der Waals surface area contributed by atoms with Crippen molar-refractivity contribution >= 4 is 0 Å². The zero-order valence-electron chi connectivity index (χ0n) is 12.2. The van der Waals surface area contributed by atoms with Gasteiger partial charge in [-0.1, -0.05) is 0 Å². The molecule has 1 aromatic carbocycles. The van der Waals surface area contributed by atoms with Crippen LogP contribution in [0.25, 0.3) is 11.3 Å². The van der Waals surface area contributed by atoms with Crippen molar-refractivity contribution in [3.63, 3.8) is 0 Å². The van der Waals surface area contributed by atoms with Gasteiger partial charge < -0.3 is 10.5 Å². The van der Waals surface area contributed by atoms with Gasteiger partial charge >= 0.3 is 0 Å². The van der Waals surface area contributed by atoms with Gasteiger partial charge in [0.15, 0.2) is 0 Å². The number of aryl methyl sites for hydroxylation is 3. The van der Waals surface area contributed by atoms with E-state index in [4.69, 9.17) is 10.5 Å². The number of hydrogen-bond acceptors (Lipinski definition) is 3. The summed E-state index contributed by atoms with van der Waals surface area (Å²) < 4.78 is 7.27. The van der Waals surface area contributed by atoms with Crippen molar-refractivity contribution in [3.8, 4) is 17.0 Å². The molecule has 0 atom stereocenters. The van der Waals surface area contributed by atoms with E-state index in [0.29, 0.717) is 6.54 Å². The molecule has 0 saturated carbocycles. The van der Waals surface area contributed by atoms with Crippen LogP contribution in [-0.4, -0.2) is 16.9 Å². The molecule has 0 aliphatic heterocycles. The quantitative estimate of drug-likeness (QED) is 0.921. The van der Waals surface area contributed by atoms with Crippen molar-refractivity contribution in [3.05, 3.63) is 34.5 Å². The molecule has 19 heavy (non-hydrogen) atoms. The van der Waals surface area contributed by atoms with E-state index in [1.54, 1.807) is 7.11 Å². The summed E-state index contributed by atoms with van der Waals surface area (Å²) in [6, 6.07) is 4.22. The van der Waals surface area contributed by atoms with Gasteiger partial charge in [0.05, 0.1) is 18.5 Å². The maximum absolute atomic E-state index is 5.73. The SMILES string of the molecule is COc1cc(C)c(-c2c(C)c(CN)nn2C)cc1C. The van der Waals surface area contributed by atoms with Crippen molar-refractivity contribution in [2.24, 2.45) is 12.8 Å². The average Bonchev–Trinajstić information content (AvgIpc) is 2.67. The first kappa shape index (κ1) is 13.6. The standard InChI is InChI=1S/C15H21N3O/c1-9-7-14(19-5)10(2)6-12(9)15-11(3)13(8-16)17-18(15)4/h6-7H,8,16H2,1-5H3. The Labute approximate surface area is 114 Å². The highest BCUT2D eigenvalue weighted by molar-refractivity contribution is 5.70. The molecule has 0 bridgehead atoms. The minimum absolute atomic E-state index is 0.466. The highest BCUT2D eigenvalue weighted by atomic mass is 16.5. The minimum Gasteiger partial charge on any atom is -0.496 e. The lowest BCUT2D eigenvalue weighted by Crippen LogP contribution is -1.99. The van der Waals surface area contributed by atoms with Crippen LogP contribution in [0.3, 0.4) is 0 Å². The van der Waals surface area contributed by atoms with E-state index in [0.717, 1.165) is 28.3 Å². The zero-order chi connectivity index (χ0) is 14.2. The van der Waals surface area contributed by atoms with Crippen LogP contribution in [0.2, 0.25) is 0 Å². The van der Waals surface area contributed by atoms with E-state index in [1.165, 1.54) is 11.1 Å². The predicted molar refractivity (Wildman–Crippen MR) is 77.3 cm³/mol. The van der Waals surface area contributed by atoms with E-state index < -0.39 is 0 Å². The van der Waals surface area contributed by atoms with Gasteiger partial charge in [-0.05, 0) is 49.6 Å². The largest absolute Gasteiger partial charge is 0.496 e. The van der Waals surface area contributed by atoms with E-state index >= 15 is 0 Å². The number of ether oxygens (including phenoxy) is 1. The van der Waals surface area contributed by atoms with Gasteiger partial charge in [-0.25, -0.2) is 0 Å². The van der Waals surface area contributed by atoms with Gasteiger partial charge in [0, 0.05) is 19.2 Å². The number of nitrogens with two attached hydrogens (primary N) is 1. The molecule has 2 aromatic rings. The Morgan fingerprint density at radius 3 is 2.42 bits per heavy atom. The molecule has 4 heteroatoms. The summed E-state index contributed by atoms with van der Waals surface area (Å²) in [4.78, 5) is 0.